The lowest BCUT2D eigenvalue weighted by atomic mass is 10.1. The summed E-state index contributed by atoms with van der Waals surface area (Å²) in [6.45, 7) is 6.39. The number of carbonyl (C=O) groups is 1. The van der Waals surface area contributed by atoms with E-state index in [1.54, 1.807) is 12.1 Å². The van der Waals surface area contributed by atoms with Gasteiger partial charge in [0.2, 0.25) is 0 Å². The van der Waals surface area contributed by atoms with Crippen LogP contribution in [0.25, 0.3) is 0 Å². The van der Waals surface area contributed by atoms with Gasteiger partial charge in [0.1, 0.15) is 6.10 Å². The van der Waals surface area contributed by atoms with Gasteiger partial charge in [-0.2, -0.15) is 0 Å². The van der Waals surface area contributed by atoms with E-state index < -0.39 is 11.8 Å². The fourth-order valence-electron chi connectivity index (χ4n) is 2.20. The van der Waals surface area contributed by atoms with Crippen LogP contribution in [-0.2, 0) is 20.7 Å². The number of benzene rings is 1. The lowest BCUT2D eigenvalue weighted by molar-refractivity contribution is -0.304. The van der Waals surface area contributed by atoms with E-state index in [1.807, 2.05) is 32.9 Å². The maximum Gasteiger partial charge on any atom is 0.163 e. The first-order valence-corrected chi connectivity index (χ1v) is 6.73. The second-order valence-electron chi connectivity index (χ2n) is 5.55. The topological polar surface area (TPSA) is 70.6 Å². The standard InChI is InChI=1S/C15H21NO4/c1-10(13-9-19-15(2,3)20-13)16-12-6-4-11(5-7-12)8-14(17)18/h4-7,10,13,16H,8-9H2,1-3H3,(H,17,18)/p-1. The maximum absolute atomic E-state index is 10.5. The van der Waals surface area contributed by atoms with E-state index in [1.165, 1.54) is 0 Å². The highest BCUT2D eigenvalue weighted by molar-refractivity contribution is 5.68. The third-order valence-electron chi connectivity index (χ3n) is 3.28. The van der Waals surface area contributed by atoms with E-state index in [-0.39, 0.29) is 18.6 Å². The molecule has 0 spiro atoms. The Hall–Kier alpha value is -1.59. The van der Waals surface area contributed by atoms with E-state index in [9.17, 15) is 9.90 Å². The van der Waals surface area contributed by atoms with Gasteiger partial charge < -0.3 is 24.7 Å². The molecular formula is C15H20NO4-. The molecule has 1 heterocycles. The molecule has 1 aromatic rings. The number of carboxylic acids is 1. The van der Waals surface area contributed by atoms with E-state index >= 15 is 0 Å². The van der Waals surface area contributed by atoms with Gasteiger partial charge >= 0.3 is 0 Å². The van der Waals surface area contributed by atoms with Crippen LogP contribution in [0.15, 0.2) is 24.3 Å². The zero-order valence-corrected chi connectivity index (χ0v) is 12.0. The number of aliphatic carboxylic acids is 1. The fraction of sp³-hybridized carbons (Fsp3) is 0.533. The SMILES string of the molecule is CC(Nc1ccc(CC(=O)[O-])cc1)C1COC(C)(C)O1. The number of rotatable bonds is 5. The molecule has 2 unspecified atom stereocenters. The molecule has 1 saturated heterocycles. The van der Waals surface area contributed by atoms with Gasteiger partial charge in [0.15, 0.2) is 5.79 Å². The number of hydrogen-bond acceptors (Lipinski definition) is 5. The molecule has 5 nitrogen and oxygen atoms in total. The quantitative estimate of drug-likeness (QED) is 0.867. The molecular weight excluding hydrogens is 258 g/mol. The average Bonchev–Trinajstić information content (AvgIpc) is 2.72. The van der Waals surface area contributed by atoms with Crippen molar-refractivity contribution >= 4 is 11.7 Å². The molecule has 0 aromatic heterocycles. The summed E-state index contributed by atoms with van der Waals surface area (Å²) in [6, 6.07) is 7.37. The van der Waals surface area contributed by atoms with Gasteiger partial charge in [-0.15, -0.1) is 0 Å². The molecule has 20 heavy (non-hydrogen) atoms. The van der Waals surface area contributed by atoms with Crippen LogP contribution in [0.1, 0.15) is 26.3 Å². The second kappa shape index (κ2) is 5.81. The van der Waals surface area contributed by atoms with Crippen molar-refractivity contribution < 1.29 is 19.4 Å². The molecule has 1 aliphatic rings. The Morgan fingerprint density at radius 3 is 2.60 bits per heavy atom. The van der Waals surface area contributed by atoms with Crippen LogP contribution >= 0.6 is 0 Å². The summed E-state index contributed by atoms with van der Waals surface area (Å²) in [6.07, 6.45) is -0.0725. The average molecular weight is 278 g/mol. The van der Waals surface area contributed by atoms with Gasteiger partial charge in [0.05, 0.1) is 12.6 Å². The van der Waals surface area contributed by atoms with Crippen LogP contribution in [0.4, 0.5) is 5.69 Å². The summed E-state index contributed by atoms with van der Waals surface area (Å²) in [7, 11) is 0. The summed E-state index contributed by atoms with van der Waals surface area (Å²) in [5.41, 5.74) is 1.65. The lowest BCUT2D eigenvalue weighted by Crippen LogP contribution is -2.34. The molecule has 0 amide bonds. The highest BCUT2D eigenvalue weighted by Gasteiger charge is 2.35. The minimum absolute atomic E-state index is 0.00658. The molecule has 2 atom stereocenters. The molecule has 0 radical (unpaired) electrons. The molecule has 1 aliphatic heterocycles. The molecule has 0 aliphatic carbocycles. The number of carboxylic acid groups (broad SMARTS) is 1. The van der Waals surface area contributed by atoms with Crippen LogP contribution in [-0.4, -0.2) is 30.5 Å². The van der Waals surface area contributed by atoms with Crippen molar-refractivity contribution in [3.8, 4) is 0 Å². The Balaban J connectivity index is 1.91. The first kappa shape index (κ1) is 14.8. The third-order valence-corrected chi connectivity index (χ3v) is 3.28. The second-order valence-corrected chi connectivity index (χ2v) is 5.55. The van der Waals surface area contributed by atoms with E-state index in [0.29, 0.717) is 6.61 Å². The van der Waals surface area contributed by atoms with E-state index in [0.717, 1.165) is 11.3 Å². The Bertz CT molecular complexity index is 469. The Kier molecular flexibility index (Phi) is 4.30. The first-order valence-electron chi connectivity index (χ1n) is 6.73. The normalized spacial score (nSPS) is 22.4. The molecule has 110 valence electrons. The fourth-order valence-corrected chi connectivity index (χ4v) is 2.20. The predicted molar refractivity (Wildman–Crippen MR) is 73.1 cm³/mol. The zero-order valence-electron chi connectivity index (χ0n) is 12.0. The third kappa shape index (κ3) is 3.95. The summed E-state index contributed by atoms with van der Waals surface area (Å²) in [5.74, 6) is -1.60. The van der Waals surface area contributed by atoms with Crippen molar-refractivity contribution in [2.24, 2.45) is 0 Å². The molecule has 1 aromatic carbocycles. The van der Waals surface area contributed by atoms with E-state index in [4.69, 9.17) is 9.47 Å². The van der Waals surface area contributed by atoms with Crippen molar-refractivity contribution in [1.82, 2.24) is 0 Å². The Morgan fingerprint density at radius 1 is 1.45 bits per heavy atom. The van der Waals surface area contributed by atoms with E-state index in [2.05, 4.69) is 5.32 Å². The minimum atomic E-state index is -1.07. The van der Waals surface area contributed by atoms with Crippen LogP contribution in [0.3, 0.4) is 0 Å². The van der Waals surface area contributed by atoms with Crippen LogP contribution < -0.4 is 10.4 Å². The molecule has 2 rings (SSSR count). The number of ether oxygens (including phenoxy) is 2. The molecule has 1 fully saturated rings. The lowest BCUT2D eigenvalue weighted by Gasteiger charge is -2.23. The van der Waals surface area contributed by atoms with Crippen molar-refractivity contribution in [1.29, 1.82) is 0 Å². The maximum atomic E-state index is 10.5. The van der Waals surface area contributed by atoms with Gasteiger partial charge in [-0.25, -0.2) is 0 Å². The molecule has 5 heteroatoms. The van der Waals surface area contributed by atoms with Crippen molar-refractivity contribution in [3.05, 3.63) is 29.8 Å². The van der Waals surface area contributed by atoms with Gasteiger partial charge in [-0.05, 0) is 38.5 Å². The summed E-state index contributed by atoms with van der Waals surface area (Å²) < 4.78 is 11.3. The van der Waals surface area contributed by atoms with Gasteiger partial charge in [0, 0.05) is 18.1 Å². The number of nitrogens with one attached hydrogen (secondary N) is 1. The Morgan fingerprint density at radius 2 is 2.10 bits per heavy atom. The highest BCUT2D eigenvalue weighted by atomic mass is 16.7. The zero-order chi connectivity index (χ0) is 14.8. The first-order chi connectivity index (χ1) is 9.35. The molecule has 0 saturated carbocycles. The van der Waals surface area contributed by atoms with Crippen LogP contribution in [0, 0.1) is 0 Å². The molecule has 1 N–H and O–H groups in total. The molecule has 0 bridgehead atoms. The minimum Gasteiger partial charge on any atom is -0.550 e. The number of carbonyl (C=O) groups excluding carboxylic acids is 1. The van der Waals surface area contributed by atoms with Crippen molar-refractivity contribution in [3.63, 3.8) is 0 Å². The number of hydrogen-bond donors (Lipinski definition) is 1. The van der Waals surface area contributed by atoms with Gasteiger partial charge in [0.25, 0.3) is 0 Å². The van der Waals surface area contributed by atoms with Crippen LogP contribution in [0.2, 0.25) is 0 Å². The smallest absolute Gasteiger partial charge is 0.163 e. The van der Waals surface area contributed by atoms with Crippen LogP contribution in [0.5, 0.6) is 0 Å². The van der Waals surface area contributed by atoms with Gasteiger partial charge in [-0.1, -0.05) is 12.1 Å². The largest absolute Gasteiger partial charge is 0.550 e. The monoisotopic (exact) mass is 278 g/mol. The highest BCUT2D eigenvalue weighted by Crippen LogP contribution is 2.25. The van der Waals surface area contributed by atoms with Crippen molar-refractivity contribution in [2.75, 3.05) is 11.9 Å². The van der Waals surface area contributed by atoms with Crippen molar-refractivity contribution in [2.45, 2.75) is 45.1 Å². The Labute approximate surface area is 118 Å². The van der Waals surface area contributed by atoms with Gasteiger partial charge in [-0.3, -0.25) is 0 Å². The summed E-state index contributed by atoms with van der Waals surface area (Å²) >= 11 is 0. The predicted octanol–water partition coefficient (Wildman–Crippen LogP) is 0.931. The number of anilines is 1. The summed E-state index contributed by atoms with van der Waals surface area (Å²) in [4.78, 5) is 10.5. The summed E-state index contributed by atoms with van der Waals surface area (Å²) in [5, 5.41) is 13.8.